The van der Waals surface area contributed by atoms with Crippen LogP contribution in [0.5, 0.6) is 0 Å². The molecule has 7 heteroatoms. The first-order chi connectivity index (χ1) is 15.4. The zero-order valence-corrected chi connectivity index (χ0v) is 20.7. The quantitative estimate of drug-likeness (QED) is 0.527. The molecule has 5 nitrogen and oxygen atoms in total. The van der Waals surface area contributed by atoms with Crippen LogP contribution in [0.15, 0.2) is 53.0 Å². The van der Waals surface area contributed by atoms with Crippen molar-refractivity contribution in [3.63, 3.8) is 0 Å². The van der Waals surface area contributed by atoms with Gasteiger partial charge in [0.25, 0.3) is 0 Å². The summed E-state index contributed by atoms with van der Waals surface area (Å²) < 4.78 is 1.12. The zero-order chi connectivity index (χ0) is 22.7. The van der Waals surface area contributed by atoms with Gasteiger partial charge in [0, 0.05) is 29.5 Å². The smallest absolute Gasteiger partial charge is 0.323 e. The van der Waals surface area contributed by atoms with Crippen LogP contribution in [0.2, 0.25) is 5.02 Å². The molecular formula is C25H29BrClN3O2. The number of likely N-dealkylation sites (N-methyl/N-ethyl adjacent to an activating group) is 1. The standard InChI is InChI=1S/C25H29BrClN3O2/c1-28-22(15-24(31)30(25(28)32)16-19-5-3-2-4-6-19)17-29-11-9-18(10-12-29)13-20-14-21(27)7-8-23(20)26/h2-8,14,18,22H,9-13,15-17H2,1H3. The summed E-state index contributed by atoms with van der Waals surface area (Å²) in [6.45, 7) is 3.06. The van der Waals surface area contributed by atoms with Gasteiger partial charge in [-0.3, -0.25) is 9.69 Å². The Morgan fingerprint density at radius 1 is 1.06 bits per heavy atom. The zero-order valence-electron chi connectivity index (χ0n) is 18.3. The molecular weight excluding hydrogens is 490 g/mol. The van der Waals surface area contributed by atoms with Crippen molar-refractivity contribution in [3.05, 3.63) is 69.2 Å². The van der Waals surface area contributed by atoms with Gasteiger partial charge in [-0.2, -0.15) is 0 Å². The summed E-state index contributed by atoms with van der Waals surface area (Å²) in [5.74, 6) is 0.539. The highest BCUT2D eigenvalue weighted by molar-refractivity contribution is 9.10. The number of carbonyl (C=O) groups is 2. The molecule has 170 valence electrons. The second-order valence-electron chi connectivity index (χ2n) is 8.90. The Kier molecular flexibility index (Phi) is 7.54. The molecule has 2 fully saturated rings. The average Bonchev–Trinajstić information content (AvgIpc) is 2.79. The van der Waals surface area contributed by atoms with Crippen LogP contribution >= 0.6 is 27.5 Å². The lowest BCUT2D eigenvalue weighted by Crippen LogP contribution is -2.58. The molecule has 1 atom stereocenters. The highest BCUT2D eigenvalue weighted by Crippen LogP contribution is 2.29. The molecule has 0 spiro atoms. The van der Waals surface area contributed by atoms with Crippen LogP contribution in [0.3, 0.4) is 0 Å². The van der Waals surface area contributed by atoms with E-state index in [-0.39, 0.29) is 18.0 Å². The first-order valence-electron chi connectivity index (χ1n) is 11.2. The van der Waals surface area contributed by atoms with Gasteiger partial charge in [0.2, 0.25) is 5.91 Å². The Bertz CT molecular complexity index is 963. The van der Waals surface area contributed by atoms with Crippen molar-refractivity contribution in [2.45, 2.75) is 38.3 Å². The Hall–Kier alpha value is -1.89. The minimum absolute atomic E-state index is 0.0688. The van der Waals surface area contributed by atoms with Gasteiger partial charge in [-0.15, -0.1) is 0 Å². The van der Waals surface area contributed by atoms with E-state index in [1.54, 1.807) is 4.90 Å². The number of urea groups is 1. The number of likely N-dealkylation sites (tertiary alicyclic amines) is 1. The summed E-state index contributed by atoms with van der Waals surface area (Å²) in [6, 6.07) is 15.4. The van der Waals surface area contributed by atoms with Gasteiger partial charge >= 0.3 is 6.03 Å². The number of benzene rings is 2. The normalized spacial score (nSPS) is 20.8. The molecule has 2 aliphatic heterocycles. The summed E-state index contributed by atoms with van der Waals surface area (Å²) in [5.41, 5.74) is 2.23. The van der Waals surface area contributed by atoms with Crippen molar-refractivity contribution in [1.82, 2.24) is 14.7 Å². The van der Waals surface area contributed by atoms with E-state index in [1.807, 2.05) is 55.6 Å². The van der Waals surface area contributed by atoms with Gasteiger partial charge in [-0.05, 0) is 67.6 Å². The van der Waals surface area contributed by atoms with Crippen molar-refractivity contribution in [2.24, 2.45) is 5.92 Å². The lowest BCUT2D eigenvalue weighted by Gasteiger charge is -2.41. The summed E-state index contributed by atoms with van der Waals surface area (Å²) in [6.07, 6.45) is 3.61. The van der Waals surface area contributed by atoms with Crippen LogP contribution in [0.4, 0.5) is 4.79 Å². The van der Waals surface area contributed by atoms with Crippen LogP contribution in [0, 0.1) is 5.92 Å². The van der Waals surface area contributed by atoms with Crippen molar-refractivity contribution < 1.29 is 9.59 Å². The molecule has 0 N–H and O–H groups in total. The molecule has 1 unspecified atom stereocenters. The van der Waals surface area contributed by atoms with Gasteiger partial charge in [0.05, 0.1) is 12.6 Å². The van der Waals surface area contributed by atoms with Crippen molar-refractivity contribution >= 4 is 39.5 Å². The third-order valence-electron chi connectivity index (χ3n) is 6.67. The highest BCUT2D eigenvalue weighted by atomic mass is 79.9. The SMILES string of the molecule is CN1C(=O)N(Cc2ccccc2)C(=O)CC1CN1CCC(Cc2cc(Cl)ccc2Br)CC1. The first kappa shape index (κ1) is 23.3. The number of hydrogen-bond acceptors (Lipinski definition) is 3. The molecule has 3 amide bonds. The van der Waals surface area contributed by atoms with Gasteiger partial charge in [-0.25, -0.2) is 4.79 Å². The predicted octanol–water partition coefficient (Wildman–Crippen LogP) is 5.21. The van der Waals surface area contributed by atoms with Crippen LogP contribution in [0.25, 0.3) is 0 Å². The number of nitrogens with zero attached hydrogens (tertiary/aromatic N) is 3. The van der Waals surface area contributed by atoms with Gasteiger partial charge < -0.3 is 9.80 Å². The number of carbonyl (C=O) groups excluding carboxylic acids is 2. The third kappa shape index (κ3) is 5.53. The molecule has 32 heavy (non-hydrogen) atoms. The van der Waals surface area contributed by atoms with Crippen LogP contribution in [-0.4, -0.2) is 59.4 Å². The minimum Gasteiger partial charge on any atom is -0.323 e. The van der Waals surface area contributed by atoms with Crippen LogP contribution < -0.4 is 0 Å². The topological polar surface area (TPSA) is 43.9 Å². The lowest BCUT2D eigenvalue weighted by atomic mass is 9.90. The number of amides is 3. The molecule has 4 rings (SSSR count). The van der Waals surface area contributed by atoms with E-state index in [2.05, 4.69) is 20.8 Å². The largest absolute Gasteiger partial charge is 0.327 e. The summed E-state index contributed by atoms with van der Waals surface area (Å²) in [7, 11) is 1.82. The maximum Gasteiger partial charge on any atom is 0.327 e. The monoisotopic (exact) mass is 517 g/mol. The number of hydrogen-bond donors (Lipinski definition) is 0. The second-order valence-corrected chi connectivity index (χ2v) is 10.2. The number of rotatable bonds is 6. The van der Waals surface area contributed by atoms with E-state index in [0.29, 0.717) is 18.9 Å². The van der Waals surface area contributed by atoms with E-state index >= 15 is 0 Å². The van der Waals surface area contributed by atoms with E-state index in [4.69, 9.17) is 11.6 Å². The molecule has 2 aromatic carbocycles. The maximum atomic E-state index is 12.9. The molecule has 0 bridgehead atoms. The fourth-order valence-electron chi connectivity index (χ4n) is 4.69. The first-order valence-corrected chi connectivity index (χ1v) is 12.3. The highest BCUT2D eigenvalue weighted by Gasteiger charge is 2.37. The number of piperidine rings is 1. The molecule has 2 heterocycles. The second kappa shape index (κ2) is 10.4. The maximum absolute atomic E-state index is 12.9. The number of halogens is 2. The van der Waals surface area contributed by atoms with Crippen molar-refractivity contribution in [2.75, 3.05) is 26.7 Å². The van der Waals surface area contributed by atoms with E-state index in [9.17, 15) is 9.59 Å². The minimum atomic E-state index is -0.198. The Morgan fingerprint density at radius 2 is 1.78 bits per heavy atom. The fraction of sp³-hybridized carbons (Fsp3) is 0.440. The van der Waals surface area contributed by atoms with Crippen molar-refractivity contribution in [3.8, 4) is 0 Å². The van der Waals surface area contributed by atoms with Gasteiger partial charge in [0.1, 0.15) is 0 Å². The van der Waals surface area contributed by atoms with E-state index in [1.165, 1.54) is 10.5 Å². The Labute approximate surface area is 203 Å². The molecule has 2 aliphatic rings. The van der Waals surface area contributed by atoms with Gasteiger partial charge in [0.15, 0.2) is 0 Å². The Balaban J connectivity index is 1.29. The lowest BCUT2D eigenvalue weighted by molar-refractivity contribution is -0.133. The fourth-order valence-corrected chi connectivity index (χ4v) is 5.30. The molecule has 0 aliphatic carbocycles. The van der Waals surface area contributed by atoms with Crippen LogP contribution in [0.1, 0.15) is 30.4 Å². The molecule has 0 saturated carbocycles. The molecule has 2 saturated heterocycles. The van der Waals surface area contributed by atoms with Gasteiger partial charge in [-0.1, -0.05) is 57.9 Å². The van der Waals surface area contributed by atoms with Crippen LogP contribution in [-0.2, 0) is 17.8 Å². The molecule has 0 radical (unpaired) electrons. The third-order valence-corrected chi connectivity index (χ3v) is 7.68. The average molecular weight is 519 g/mol. The number of imide groups is 1. The summed E-state index contributed by atoms with van der Waals surface area (Å²) >= 11 is 9.80. The summed E-state index contributed by atoms with van der Waals surface area (Å²) in [5, 5.41) is 0.775. The van der Waals surface area contributed by atoms with E-state index in [0.717, 1.165) is 54.0 Å². The van der Waals surface area contributed by atoms with Crippen molar-refractivity contribution in [1.29, 1.82) is 0 Å². The van der Waals surface area contributed by atoms with E-state index < -0.39 is 0 Å². The molecule has 0 aromatic heterocycles. The predicted molar refractivity (Wildman–Crippen MR) is 131 cm³/mol. The Morgan fingerprint density at radius 3 is 2.50 bits per heavy atom. The summed E-state index contributed by atoms with van der Waals surface area (Å²) in [4.78, 5) is 31.2. The molecule has 2 aromatic rings.